The Morgan fingerprint density at radius 1 is 1.06 bits per heavy atom. The molecule has 0 radical (unpaired) electrons. The van der Waals surface area contributed by atoms with E-state index in [0.717, 1.165) is 23.4 Å². The summed E-state index contributed by atoms with van der Waals surface area (Å²) in [6.45, 7) is 1.88. The lowest BCUT2D eigenvalue weighted by molar-refractivity contribution is -0.139. The molecule has 0 saturated carbocycles. The number of Topliss-reactive ketones (excluding diaryl/α,β-unsaturated/α-hetero) is 1. The third kappa shape index (κ3) is 4.87. The van der Waals surface area contributed by atoms with E-state index in [-0.39, 0.29) is 18.0 Å². The van der Waals surface area contributed by atoms with E-state index < -0.39 is 23.6 Å². The van der Waals surface area contributed by atoms with Crippen LogP contribution < -0.4 is 5.32 Å². The third-order valence-corrected chi connectivity index (χ3v) is 6.03. The molecule has 0 bridgehead atoms. The van der Waals surface area contributed by atoms with E-state index >= 15 is 0 Å². The topological polar surface area (TPSA) is 55.4 Å². The molecule has 7 heteroatoms. The molecule has 1 atom stereocenters. The summed E-state index contributed by atoms with van der Waals surface area (Å²) in [4.78, 5) is 26.0. The van der Waals surface area contributed by atoms with Gasteiger partial charge in [0.15, 0.2) is 5.78 Å². The Bertz CT molecular complexity index is 1120. The maximum Gasteiger partial charge on any atom is 0.416 e. The molecule has 1 aliphatic carbocycles. The van der Waals surface area contributed by atoms with Crippen LogP contribution in [0.2, 0.25) is 0 Å². The molecule has 2 aromatic carbocycles. The van der Waals surface area contributed by atoms with Crippen molar-refractivity contribution in [3.63, 3.8) is 0 Å². The van der Waals surface area contributed by atoms with Gasteiger partial charge in [0, 0.05) is 35.7 Å². The Hall–Kier alpha value is -3.35. The number of alkyl halides is 3. The smallest absolute Gasteiger partial charge is 0.416 e. The van der Waals surface area contributed by atoms with Crippen LogP contribution in [0.3, 0.4) is 0 Å². The van der Waals surface area contributed by atoms with Gasteiger partial charge in [-0.2, -0.15) is 13.2 Å². The molecule has 1 N–H and O–H groups in total. The summed E-state index contributed by atoms with van der Waals surface area (Å²) in [6.07, 6.45) is -2.26. The van der Waals surface area contributed by atoms with E-state index in [1.165, 1.54) is 12.1 Å². The second-order valence-corrected chi connectivity index (χ2v) is 8.26. The lowest BCUT2D eigenvalue weighted by Gasteiger charge is -2.34. The molecule has 0 saturated heterocycles. The first-order chi connectivity index (χ1) is 15.8. The summed E-state index contributed by atoms with van der Waals surface area (Å²) in [7, 11) is 0. The zero-order valence-electron chi connectivity index (χ0n) is 18.2. The second-order valence-electron chi connectivity index (χ2n) is 8.26. The van der Waals surface area contributed by atoms with E-state index in [0.29, 0.717) is 42.5 Å². The number of ketones is 1. The summed E-state index contributed by atoms with van der Waals surface area (Å²) in [5.41, 5.74) is 2.69. The van der Waals surface area contributed by atoms with Crippen molar-refractivity contribution in [3.05, 3.63) is 93.8 Å². The van der Waals surface area contributed by atoms with Gasteiger partial charge in [0.25, 0.3) is 0 Å². The fourth-order valence-corrected chi connectivity index (χ4v) is 4.44. The maximum absolute atomic E-state index is 13.2. The normalized spacial score (nSPS) is 18.7. The Labute approximate surface area is 190 Å². The summed E-state index contributed by atoms with van der Waals surface area (Å²) in [5.74, 6) is -1.44. The molecule has 0 fully saturated rings. The van der Waals surface area contributed by atoms with E-state index in [4.69, 9.17) is 4.74 Å². The number of benzene rings is 2. The standard InChI is InChI=1S/C26H24F3NO3/c1-16-22(25(32)33-15-14-17-6-3-2-4-7-17)23(24-20(30-16)8-5-9-21(24)31)18-10-12-19(13-11-18)26(27,28)29/h2-4,6-7,10-13,23,30H,5,8-9,14-15H2,1H3. The van der Waals surface area contributed by atoms with Crippen molar-refractivity contribution in [1.29, 1.82) is 0 Å². The molecule has 172 valence electrons. The van der Waals surface area contributed by atoms with Gasteiger partial charge in [-0.1, -0.05) is 42.5 Å². The molecule has 1 unspecified atom stereocenters. The number of allylic oxidation sites excluding steroid dienone is 3. The van der Waals surface area contributed by atoms with Gasteiger partial charge in [0.05, 0.1) is 17.7 Å². The number of carbonyl (C=O) groups excluding carboxylic acids is 2. The molecular formula is C26H24F3NO3. The van der Waals surface area contributed by atoms with Crippen LogP contribution in [0, 0.1) is 0 Å². The van der Waals surface area contributed by atoms with Crippen LogP contribution in [-0.2, 0) is 26.9 Å². The van der Waals surface area contributed by atoms with E-state index in [9.17, 15) is 22.8 Å². The first-order valence-electron chi connectivity index (χ1n) is 10.9. The van der Waals surface area contributed by atoms with Gasteiger partial charge < -0.3 is 10.1 Å². The van der Waals surface area contributed by atoms with Crippen LogP contribution in [0.4, 0.5) is 13.2 Å². The van der Waals surface area contributed by atoms with Crippen LogP contribution in [0.15, 0.2) is 77.1 Å². The van der Waals surface area contributed by atoms with Gasteiger partial charge in [-0.3, -0.25) is 4.79 Å². The highest BCUT2D eigenvalue weighted by atomic mass is 19.4. The average molecular weight is 455 g/mol. The van der Waals surface area contributed by atoms with Gasteiger partial charge in [-0.05, 0) is 43.0 Å². The highest BCUT2D eigenvalue weighted by molar-refractivity contribution is 6.03. The Morgan fingerprint density at radius 2 is 1.76 bits per heavy atom. The lowest BCUT2D eigenvalue weighted by Crippen LogP contribution is -2.34. The molecule has 2 aliphatic rings. The Kier molecular flexibility index (Phi) is 6.40. The second kappa shape index (κ2) is 9.25. The van der Waals surface area contributed by atoms with Crippen molar-refractivity contribution >= 4 is 11.8 Å². The molecule has 4 nitrogen and oxygen atoms in total. The molecule has 1 heterocycles. The summed E-state index contributed by atoms with van der Waals surface area (Å²) in [6, 6.07) is 14.2. The number of dihydropyridines is 1. The fourth-order valence-electron chi connectivity index (χ4n) is 4.44. The van der Waals surface area contributed by atoms with Crippen molar-refractivity contribution in [2.24, 2.45) is 0 Å². The lowest BCUT2D eigenvalue weighted by atomic mass is 9.75. The fraction of sp³-hybridized carbons (Fsp3) is 0.308. The monoisotopic (exact) mass is 455 g/mol. The van der Waals surface area contributed by atoms with Gasteiger partial charge in [0.1, 0.15) is 0 Å². The summed E-state index contributed by atoms with van der Waals surface area (Å²) < 4.78 is 44.8. The van der Waals surface area contributed by atoms with E-state index in [1.54, 1.807) is 6.92 Å². The van der Waals surface area contributed by atoms with Crippen molar-refractivity contribution in [3.8, 4) is 0 Å². The van der Waals surface area contributed by atoms with E-state index in [2.05, 4.69) is 5.32 Å². The number of halogens is 3. The number of esters is 1. The molecule has 4 rings (SSSR count). The van der Waals surface area contributed by atoms with Crippen LogP contribution in [0.25, 0.3) is 0 Å². The minimum absolute atomic E-state index is 0.101. The molecule has 33 heavy (non-hydrogen) atoms. The van der Waals surface area contributed by atoms with E-state index in [1.807, 2.05) is 30.3 Å². The number of hydrogen-bond donors (Lipinski definition) is 1. The van der Waals surface area contributed by atoms with Crippen LogP contribution in [-0.4, -0.2) is 18.4 Å². The number of rotatable bonds is 5. The minimum atomic E-state index is -4.47. The largest absolute Gasteiger partial charge is 0.462 e. The molecule has 2 aromatic rings. The molecule has 0 spiro atoms. The summed E-state index contributed by atoms with van der Waals surface area (Å²) in [5, 5.41) is 3.18. The number of nitrogens with one attached hydrogen (secondary N) is 1. The predicted octanol–water partition coefficient (Wildman–Crippen LogP) is 5.46. The zero-order chi connectivity index (χ0) is 23.6. The SMILES string of the molecule is CC1=C(C(=O)OCCc2ccccc2)C(c2ccc(C(F)(F)F)cc2)C2=C(CCCC2=O)N1. The molecular weight excluding hydrogens is 431 g/mol. The van der Waals surface area contributed by atoms with Crippen molar-refractivity contribution in [1.82, 2.24) is 5.32 Å². The van der Waals surface area contributed by atoms with Gasteiger partial charge >= 0.3 is 12.1 Å². The Morgan fingerprint density at radius 3 is 2.42 bits per heavy atom. The van der Waals surface area contributed by atoms with Crippen LogP contribution in [0.1, 0.15) is 48.8 Å². The Balaban J connectivity index is 1.65. The minimum Gasteiger partial charge on any atom is -0.462 e. The summed E-state index contributed by atoms with van der Waals surface area (Å²) >= 11 is 0. The van der Waals surface area contributed by atoms with Crippen molar-refractivity contribution in [2.75, 3.05) is 6.61 Å². The first kappa shape index (κ1) is 22.8. The van der Waals surface area contributed by atoms with Gasteiger partial charge in [-0.25, -0.2) is 4.79 Å². The zero-order valence-corrected chi connectivity index (χ0v) is 18.2. The number of hydrogen-bond acceptors (Lipinski definition) is 4. The third-order valence-electron chi connectivity index (χ3n) is 6.03. The van der Waals surface area contributed by atoms with Crippen molar-refractivity contribution < 1.29 is 27.5 Å². The van der Waals surface area contributed by atoms with Gasteiger partial charge in [-0.15, -0.1) is 0 Å². The molecule has 0 aromatic heterocycles. The van der Waals surface area contributed by atoms with Gasteiger partial charge in [0.2, 0.25) is 0 Å². The predicted molar refractivity (Wildman–Crippen MR) is 117 cm³/mol. The van der Waals surface area contributed by atoms with Crippen LogP contribution >= 0.6 is 0 Å². The maximum atomic E-state index is 13.2. The first-order valence-corrected chi connectivity index (χ1v) is 10.9. The molecule has 0 amide bonds. The highest BCUT2D eigenvalue weighted by Crippen LogP contribution is 2.43. The van der Waals surface area contributed by atoms with Crippen LogP contribution in [0.5, 0.6) is 0 Å². The average Bonchev–Trinajstić information content (AvgIpc) is 2.78. The number of carbonyl (C=O) groups is 2. The number of ether oxygens (including phenoxy) is 1. The van der Waals surface area contributed by atoms with Crippen molar-refractivity contribution in [2.45, 2.75) is 44.7 Å². The highest BCUT2D eigenvalue weighted by Gasteiger charge is 2.39. The molecule has 1 aliphatic heterocycles. The quantitative estimate of drug-likeness (QED) is 0.609.